The Balaban J connectivity index is 2.32. The fraction of sp³-hybridized carbons (Fsp3) is 0.462. The molecular weight excluding hydrogens is 269 g/mol. The number of rotatable bonds is 9. The van der Waals surface area contributed by atoms with Crippen molar-refractivity contribution in [3.05, 3.63) is 35.1 Å². The van der Waals surface area contributed by atoms with Crippen molar-refractivity contribution < 1.29 is 18.6 Å². The molecule has 1 aromatic rings. The zero-order valence-corrected chi connectivity index (χ0v) is 11.7. The van der Waals surface area contributed by atoms with Crippen LogP contribution >= 0.6 is 12.2 Å². The predicted molar refractivity (Wildman–Crippen MR) is 74.6 cm³/mol. The van der Waals surface area contributed by atoms with Gasteiger partial charge in [-0.3, -0.25) is 0 Å². The molecule has 0 saturated carbocycles. The average molecular weight is 287 g/mol. The minimum Gasteiger partial charge on any atom is -0.389 e. The molecule has 106 valence electrons. The molecule has 0 aliphatic rings. The molecule has 2 N–H and O–H groups in total. The van der Waals surface area contributed by atoms with Crippen LogP contribution in [0.3, 0.4) is 0 Å². The van der Waals surface area contributed by atoms with E-state index < -0.39 is 0 Å². The van der Waals surface area contributed by atoms with Crippen LogP contribution in [0, 0.1) is 5.82 Å². The summed E-state index contributed by atoms with van der Waals surface area (Å²) in [5.74, 6) is -0.333. The summed E-state index contributed by atoms with van der Waals surface area (Å²) in [7, 11) is 1.61. The molecular formula is C13H18FNO3S. The Morgan fingerprint density at radius 1 is 1.21 bits per heavy atom. The van der Waals surface area contributed by atoms with Crippen LogP contribution in [0.15, 0.2) is 18.2 Å². The van der Waals surface area contributed by atoms with Gasteiger partial charge in [0.1, 0.15) is 10.8 Å². The Morgan fingerprint density at radius 2 is 1.89 bits per heavy atom. The zero-order chi connectivity index (χ0) is 14.1. The number of benzene rings is 1. The number of nitrogens with two attached hydrogens (primary N) is 1. The Labute approximate surface area is 117 Å². The molecule has 0 spiro atoms. The van der Waals surface area contributed by atoms with Gasteiger partial charge in [-0.1, -0.05) is 12.2 Å². The van der Waals surface area contributed by atoms with Gasteiger partial charge in [0.05, 0.1) is 33.0 Å². The van der Waals surface area contributed by atoms with Crippen molar-refractivity contribution in [3.63, 3.8) is 0 Å². The number of methoxy groups -OCH3 is 1. The third-order valence-corrected chi connectivity index (χ3v) is 2.63. The lowest BCUT2D eigenvalue weighted by molar-refractivity contribution is 0.0194. The highest BCUT2D eigenvalue weighted by Crippen LogP contribution is 2.12. The van der Waals surface area contributed by atoms with Gasteiger partial charge in [0.25, 0.3) is 0 Å². The van der Waals surface area contributed by atoms with E-state index in [9.17, 15) is 4.39 Å². The number of hydrogen-bond donors (Lipinski definition) is 1. The molecule has 0 bridgehead atoms. The lowest BCUT2D eigenvalue weighted by Gasteiger charge is -2.08. The summed E-state index contributed by atoms with van der Waals surface area (Å²) in [6, 6.07) is 4.49. The van der Waals surface area contributed by atoms with E-state index in [1.165, 1.54) is 6.07 Å². The van der Waals surface area contributed by atoms with E-state index in [0.29, 0.717) is 37.6 Å². The topological polar surface area (TPSA) is 53.7 Å². The van der Waals surface area contributed by atoms with Gasteiger partial charge in [0.2, 0.25) is 0 Å². The molecule has 0 unspecified atom stereocenters. The summed E-state index contributed by atoms with van der Waals surface area (Å²) >= 11 is 4.84. The molecule has 1 aromatic carbocycles. The molecule has 1 rings (SSSR count). The molecule has 6 heteroatoms. The molecule has 4 nitrogen and oxygen atoms in total. The van der Waals surface area contributed by atoms with E-state index >= 15 is 0 Å². The quantitative estimate of drug-likeness (QED) is 0.553. The lowest BCUT2D eigenvalue weighted by atomic mass is 10.1. The van der Waals surface area contributed by atoms with Crippen LogP contribution in [0.1, 0.15) is 11.1 Å². The Morgan fingerprint density at radius 3 is 2.58 bits per heavy atom. The molecule has 0 aliphatic carbocycles. The monoisotopic (exact) mass is 287 g/mol. The largest absolute Gasteiger partial charge is 0.389 e. The van der Waals surface area contributed by atoms with Crippen molar-refractivity contribution in [2.75, 3.05) is 33.5 Å². The van der Waals surface area contributed by atoms with Gasteiger partial charge in [0.15, 0.2) is 0 Å². The number of halogens is 1. The fourth-order valence-corrected chi connectivity index (χ4v) is 1.51. The third-order valence-electron chi connectivity index (χ3n) is 2.39. The first-order valence-corrected chi connectivity index (χ1v) is 6.28. The van der Waals surface area contributed by atoms with Crippen molar-refractivity contribution in [1.29, 1.82) is 0 Å². The highest BCUT2D eigenvalue weighted by atomic mass is 32.1. The summed E-state index contributed by atoms with van der Waals surface area (Å²) < 4.78 is 28.9. The van der Waals surface area contributed by atoms with Gasteiger partial charge >= 0.3 is 0 Å². The van der Waals surface area contributed by atoms with Gasteiger partial charge < -0.3 is 19.9 Å². The van der Waals surface area contributed by atoms with Gasteiger partial charge in [-0.2, -0.15) is 0 Å². The molecule has 0 aliphatic heterocycles. The van der Waals surface area contributed by atoms with Crippen molar-refractivity contribution in [1.82, 2.24) is 0 Å². The van der Waals surface area contributed by atoms with Crippen molar-refractivity contribution >= 4 is 17.2 Å². The molecule has 0 saturated heterocycles. The number of thiocarbonyl (C=S) groups is 1. The second-order valence-corrected chi connectivity index (χ2v) is 4.27. The first kappa shape index (κ1) is 16.0. The second kappa shape index (κ2) is 8.92. The summed E-state index contributed by atoms with van der Waals surface area (Å²) in [6.45, 7) is 2.06. The molecule has 19 heavy (non-hydrogen) atoms. The van der Waals surface area contributed by atoms with Crippen molar-refractivity contribution in [2.45, 2.75) is 6.61 Å². The highest BCUT2D eigenvalue weighted by Gasteiger charge is 2.05. The fourth-order valence-electron chi connectivity index (χ4n) is 1.38. The summed E-state index contributed by atoms with van der Waals surface area (Å²) in [4.78, 5) is 0.240. The number of hydrogen-bond acceptors (Lipinski definition) is 4. The van der Waals surface area contributed by atoms with Crippen LogP contribution in [0.25, 0.3) is 0 Å². The average Bonchev–Trinajstić information content (AvgIpc) is 2.39. The minimum atomic E-state index is -0.333. The van der Waals surface area contributed by atoms with Gasteiger partial charge in [-0.05, 0) is 18.2 Å². The van der Waals surface area contributed by atoms with Gasteiger partial charge in [-0.25, -0.2) is 4.39 Å². The first-order valence-electron chi connectivity index (χ1n) is 5.87. The van der Waals surface area contributed by atoms with E-state index in [1.807, 2.05) is 0 Å². The van der Waals surface area contributed by atoms with Crippen LogP contribution in [0.4, 0.5) is 4.39 Å². The molecule has 0 heterocycles. The Hall–Kier alpha value is -1.08. The van der Waals surface area contributed by atoms with E-state index in [0.717, 1.165) is 0 Å². The van der Waals surface area contributed by atoms with E-state index in [-0.39, 0.29) is 17.4 Å². The van der Waals surface area contributed by atoms with Crippen LogP contribution in [0.2, 0.25) is 0 Å². The molecule has 0 aromatic heterocycles. The predicted octanol–water partition coefficient (Wildman–Crippen LogP) is 1.64. The molecule has 0 radical (unpaired) electrons. The maximum Gasteiger partial charge on any atom is 0.128 e. The summed E-state index contributed by atoms with van der Waals surface area (Å²) in [5, 5.41) is 0. The number of ether oxygens (including phenoxy) is 3. The Bertz CT molecular complexity index is 415. The maximum atomic E-state index is 13.5. The first-order chi connectivity index (χ1) is 9.15. The second-order valence-electron chi connectivity index (χ2n) is 3.83. The van der Waals surface area contributed by atoms with E-state index in [4.69, 9.17) is 32.2 Å². The normalized spacial score (nSPS) is 10.6. The highest BCUT2D eigenvalue weighted by molar-refractivity contribution is 7.80. The summed E-state index contributed by atoms with van der Waals surface area (Å²) in [5.41, 5.74) is 6.56. The SMILES string of the molecule is COCCOCCOCc1cc(C(N)=S)ccc1F. The van der Waals surface area contributed by atoms with Gasteiger partial charge in [-0.15, -0.1) is 0 Å². The molecule has 0 amide bonds. The van der Waals surface area contributed by atoms with Crippen molar-refractivity contribution in [3.8, 4) is 0 Å². The molecule has 0 atom stereocenters. The lowest BCUT2D eigenvalue weighted by Crippen LogP contribution is -2.11. The van der Waals surface area contributed by atoms with E-state index in [1.54, 1.807) is 19.2 Å². The van der Waals surface area contributed by atoms with Crippen LogP contribution in [0.5, 0.6) is 0 Å². The molecule has 0 fully saturated rings. The maximum absolute atomic E-state index is 13.5. The minimum absolute atomic E-state index is 0.163. The Kier molecular flexibility index (Phi) is 7.50. The third kappa shape index (κ3) is 6.07. The van der Waals surface area contributed by atoms with Gasteiger partial charge in [0, 0.05) is 18.2 Å². The van der Waals surface area contributed by atoms with Crippen LogP contribution in [-0.2, 0) is 20.8 Å². The zero-order valence-electron chi connectivity index (χ0n) is 10.9. The van der Waals surface area contributed by atoms with Crippen LogP contribution < -0.4 is 5.73 Å². The van der Waals surface area contributed by atoms with Crippen LogP contribution in [-0.4, -0.2) is 38.5 Å². The standard InChI is InChI=1S/C13H18FNO3S/c1-16-4-5-17-6-7-18-9-11-8-10(13(15)19)2-3-12(11)14/h2-3,8H,4-7,9H2,1H3,(H2,15,19). The smallest absolute Gasteiger partial charge is 0.128 e. The summed E-state index contributed by atoms with van der Waals surface area (Å²) in [6.07, 6.45) is 0. The van der Waals surface area contributed by atoms with Crippen molar-refractivity contribution in [2.24, 2.45) is 5.73 Å². The van der Waals surface area contributed by atoms with E-state index in [2.05, 4.69) is 0 Å².